The molecule has 0 saturated heterocycles. The van der Waals surface area contributed by atoms with E-state index < -0.39 is 0 Å². The summed E-state index contributed by atoms with van der Waals surface area (Å²) in [5, 5.41) is 10.3. The second kappa shape index (κ2) is 6.71. The number of nitrogens with zero attached hydrogens (tertiary/aromatic N) is 1. The largest absolute Gasteiger partial charge is 0.497 e. The molecule has 2 aromatic rings. The maximum atomic E-state index is 12.4. The van der Waals surface area contributed by atoms with Crippen LogP contribution in [0, 0.1) is 0 Å². The molecule has 0 spiro atoms. The van der Waals surface area contributed by atoms with Gasteiger partial charge in [-0.15, -0.1) is 0 Å². The lowest BCUT2D eigenvalue weighted by Crippen LogP contribution is -2.43. The lowest BCUT2D eigenvalue weighted by atomic mass is 10.2. The first-order chi connectivity index (χ1) is 9.71. The first-order valence-corrected chi connectivity index (χ1v) is 7.23. The van der Waals surface area contributed by atoms with Crippen molar-refractivity contribution in [2.75, 3.05) is 13.7 Å². The Bertz CT molecular complexity index is 763. The number of benzene rings is 1. The third-order valence-corrected chi connectivity index (χ3v) is 3.56. The van der Waals surface area contributed by atoms with Gasteiger partial charge in [-0.25, -0.2) is 0 Å². The third kappa shape index (κ3) is 2.94. The van der Waals surface area contributed by atoms with Crippen LogP contribution in [0.1, 0.15) is 0 Å². The summed E-state index contributed by atoms with van der Waals surface area (Å²) in [4.78, 5) is 12.4. The molecule has 104 valence electrons. The number of aromatic nitrogens is 1. The molecular formula is C15H14INO3. The SMILES string of the molecule is COc1ccc(-n2ccc(=C/CO)/c(=C\I)c2=O)cc1. The number of aliphatic hydroxyl groups excluding tert-OH is 1. The van der Waals surface area contributed by atoms with E-state index in [1.54, 1.807) is 28.0 Å². The van der Waals surface area contributed by atoms with E-state index in [1.807, 2.05) is 52.9 Å². The van der Waals surface area contributed by atoms with Gasteiger partial charge in [0, 0.05) is 11.9 Å². The molecule has 0 fully saturated rings. The molecule has 0 saturated carbocycles. The fourth-order valence-electron chi connectivity index (χ4n) is 1.90. The topological polar surface area (TPSA) is 51.5 Å². The summed E-state index contributed by atoms with van der Waals surface area (Å²) in [6.07, 6.45) is 3.32. The highest BCUT2D eigenvalue weighted by Gasteiger charge is 2.02. The number of methoxy groups -OCH3 is 1. The van der Waals surface area contributed by atoms with Gasteiger partial charge < -0.3 is 9.84 Å². The maximum Gasteiger partial charge on any atom is 0.263 e. The van der Waals surface area contributed by atoms with Crippen molar-refractivity contribution in [2.24, 2.45) is 0 Å². The van der Waals surface area contributed by atoms with E-state index in [9.17, 15) is 4.79 Å². The Hall–Kier alpha value is -1.60. The Labute approximate surface area is 129 Å². The average molecular weight is 383 g/mol. The Kier molecular flexibility index (Phi) is 4.97. The van der Waals surface area contributed by atoms with Crippen molar-refractivity contribution in [3.8, 4) is 11.4 Å². The molecule has 0 aliphatic heterocycles. The Morgan fingerprint density at radius 2 is 2.00 bits per heavy atom. The molecule has 4 nitrogen and oxygen atoms in total. The smallest absolute Gasteiger partial charge is 0.263 e. The summed E-state index contributed by atoms with van der Waals surface area (Å²) in [5.74, 6) is 0.743. The number of ether oxygens (including phenoxy) is 1. The van der Waals surface area contributed by atoms with Gasteiger partial charge in [0.1, 0.15) is 5.75 Å². The van der Waals surface area contributed by atoms with Crippen LogP contribution in [0.15, 0.2) is 41.3 Å². The van der Waals surface area contributed by atoms with E-state index in [0.717, 1.165) is 16.7 Å². The zero-order valence-electron chi connectivity index (χ0n) is 10.9. The first kappa shape index (κ1) is 14.8. The first-order valence-electron chi connectivity index (χ1n) is 5.99. The molecule has 0 aliphatic carbocycles. The fraction of sp³-hybridized carbons (Fsp3) is 0.133. The molecule has 20 heavy (non-hydrogen) atoms. The molecule has 0 bridgehead atoms. The van der Waals surface area contributed by atoms with Crippen molar-refractivity contribution in [2.45, 2.75) is 0 Å². The lowest BCUT2D eigenvalue weighted by molar-refractivity contribution is 0.355. The van der Waals surface area contributed by atoms with E-state index >= 15 is 0 Å². The van der Waals surface area contributed by atoms with Crippen LogP contribution in [0.4, 0.5) is 0 Å². The maximum absolute atomic E-state index is 12.4. The highest BCUT2D eigenvalue weighted by atomic mass is 127. The Balaban J connectivity index is 2.65. The van der Waals surface area contributed by atoms with Crippen LogP contribution in [0.2, 0.25) is 0 Å². The quantitative estimate of drug-likeness (QED) is 0.798. The van der Waals surface area contributed by atoms with E-state index in [2.05, 4.69) is 0 Å². The molecule has 0 amide bonds. The van der Waals surface area contributed by atoms with Crippen LogP contribution < -0.4 is 20.7 Å². The highest BCUT2D eigenvalue weighted by Crippen LogP contribution is 2.12. The molecular weight excluding hydrogens is 369 g/mol. The van der Waals surface area contributed by atoms with Gasteiger partial charge in [0.25, 0.3) is 5.56 Å². The summed E-state index contributed by atoms with van der Waals surface area (Å²) >= 11 is 2.03. The number of aliphatic hydroxyl groups is 1. The standard InChI is InChI=1S/C15H14INO3/c1-20-13-4-2-12(3-5-13)17-8-6-11(7-9-18)14(10-16)15(17)19/h2-8,10,18H,9H2,1H3/b11-7-,14-10+. The van der Waals surface area contributed by atoms with Crippen LogP contribution in [-0.4, -0.2) is 23.4 Å². The van der Waals surface area contributed by atoms with Crippen LogP contribution in [-0.2, 0) is 0 Å². The molecule has 2 rings (SSSR count). The molecule has 0 aliphatic rings. The lowest BCUT2D eigenvalue weighted by Gasteiger charge is -2.07. The molecule has 1 heterocycles. The second-order valence-corrected chi connectivity index (χ2v) is 4.68. The van der Waals surface area contributed by atoms with Gasteiger partial charge in [-0.3, -0.25) is 9.36 Å². The molecule has 1 N–H and O–H groups in total. The van der Waals surface area contributed by atoms with Gasteiger partial charge in [-0.05, 0) is 39.6 Å². The van der Waals surface area contributed by atoms with Crippen molar-refractivity contribution >= 4 is 32.7 Å². The molecule has 1 aromatic carbocycles. The summed E-state index contributed by atoms with van der Waals surface area (Å²) in [6.45, 7) is -0.0938. The van der Waals surface area contributed by atoms with Crippen LogP contribution in [0.25, 0.3) is 15.8 Å². The van der Waals surface area contributed by atoms with E-state index in [1.165, 1.54) is 0 Å². The van der Waals surface area contributed by atoms with Crippen molar-refractivity contribution in [3.63, 3.8) is 0 Å². The van der Waals surface area contributed by atoms with Crippen molar-refractivity contribution in [1.29, 1.82) is 0 Å². The minimum atomic E-state index is -0.119. The molecule has 0 atom stereocenters. The number of rotatable bonds is 3. The van der Waals surface area contributed by atoms with Crippen LogP contribution >= 0.6 is 22.6 Å². The molecule has 5 heteroatoms. The van der Waals surface area contributed by atoms with E-state index in [0.29, 0.717) is 5.22 Å². The summed E-state index contributed by atoms with van der Waals surface area (Å²) < 4.78 is 8.40. The van der Waals surface area contributed by atoms with Crippen LogP contribution in [0.3, 0.4) is 0 Å². The molecule has 0 radical (unpaired) electrons. The number of hydrogen-bond acceptors (Lipinski definition) is 3. The fourth-order valence-corrected chi connectivity index (χ4v) is 2.52. The van der Waals surface area contributed by atoms with Crippen LogP contribution in [0.5, 0.6) is 5.75 Å². The normalized spacial score (nSPS) is 12.8. The predicted octanol–water partition coefficient (Wildman–Crippen LogP) is 0.792. The van der Waals surface area contributed by atoms with Crippen molar-refractivity contribution in [1.82, 2.24) is 4.57 Å². The summed E-state index contributed by atoms with van der Waals surface area (Å²) in [5.41, 5.74) is 0.651. The Morgan fingerprint density at radius 1 is 1.30 bits per heavy atom. The minimum Gasteiger partial charge on any atom is -0.497 e. The monoisotopic (exact) mass is 383 g/mol. The number of hydrogen-bond donors (Lipinski definition) is 1. The summed E-state index contributed by atoms with van der Waals surface area (Å²) in [6, 6.07) is 9.08. The van der Waals surface area contributed by atoms with Crippen molar-refractivity contribution < 1.29 is 9.84 Å². The van der Waals surface area contributed by atoms with Gasteiger partial charge in [0.05, 0.1) is 18.9 Å². The number of halogens is 1. The van der Waals surface area contributed by atoms with Gasteiger partial charge in [-0.1, -0.05) is 28.7 Å². The number of pyridine rings is 1. The predicted molar refractivity (Wildman–Crippen MR) is 87.9 cm³/mol. The summed E-state index contributed by atoms with van der Waals surface area (Å²) in [7, 11) is 1.60. The zero-order valence-corrected chi connectivity index (χ0v) is 13.1. The average Bonchev–Trinajstić information content (AvgIpc) is 2.48. The zero-order chi connectivity index (χ0) is 14.5. The van der Waals surface area contributed by atoms with Gasteiger partial charge in [-0.2, -0.15) is 0 Å². The second-order valence-electron chi connectivity index (χ2n) is 4.05. The van der Waals surface area contributed by atoms with Gasteiger partial charge in [0.15, 0.2) is 0 Å². The van der Waals surface area contributed by atoms with Gasteiger partial charge in [0.2, 0.25) is 0 Å². The molecule has 0 unspecified atom stereocenters. The third-order valence-electron chi connectivity index (χ3n) is 2.93. The Morgan fingerprint density at radius 3 is 2.55 bits per heavy atom. The molecule has 1 aromatic heterocycles. The van der Waals surface area contributed by atoms with Gasteiger partial charge >= 0.3 is 0 Å². The van der Waals surface area contributed by atoms with Crippen molar-refractivity contribution in [3.05, 3.63) is 57.3 Å². The van der Waals surface area contributed by atoms with E-state index in [-0.39, 0.29) is 12.2 Å². The highest BCUT2D eigenvalue weighted by molar-refractivity contribution is 14.1. The van der Waals surface area contributed by atoms with E-state index in [4.69, 9.17) is 9.84 Å². The minimum absolute atomic E-state index is 0.0938.